The first kappa shape index (κ1) is 13.1. The lowest BCUT2D eigenvalue weighted by Crippen LogP contribution is -2.16. The van der Waals surface area contributed by atoms with E-state index in [1.165, 1.54) is 32.1 Å². The lowest BCUT2D eigenvalue weighted by atomic mass is 9.81. The van der Waals surface area contributed by atoms with E-state index in [9.17, 15) is 0 Å². The molecule has 0 amide bonds. The van der Waals surface area contributed by atoms with Gasteiger partial charge in [-0.2, -0.15) is 9.97 Å². The zero-order chi connectivity index (χ0) is 13.9. The molecule has 2 aromatic heterocycles. The fraction of sp³-hybridized carbons (Fsp3) is 0.643. The van der Waals surface area contributed by atoms with E-state index < -0.39 is 0 Å². The van der Waals surface area contributed by atoms with Crippen molar-refractivity contribution in [1.82, 2.24) is 19.9 Å². The minimum Gasteiger partial charge on any atom is -0.368 e. The van der Waals surface area contributed by atoms with E-state index in [1.807, 2.05) is 0 Å². The predicted molar refractivity (Wildman–Crippen MR) is 80.3 cm³/mol. The molecule has 1 saturated carbocycles. The Labute approximate surface area is 118 Å². The van der Waals surface area contributed by atoms with Gasteiger partial charge in [-0.3, -0.25) is 0 Å². The Morgan fingerprint density at radius 2 is 2.10 bits per heavy atom. The maximum atomic E-state index is 5.70. The van der Waals surface area contributed by atoms with E-state index in [4.69, 9.17) is 5.73 Å². The van der Waals surface area contributed by atoms with Crippen molar-refractivity contribution in [3.63, 3.8) is 0 Å². The second-order valence-electron chi connectivity index (χ2n) is 5.87. The van der Waals surface area contributed by atoms with Crippen molar-refractivity contribution in [3.8, 4) is 0 Å². The average molecular weight is 274 g/mol. The third-order valence-corrected chi connectivity index (χ3v) is 4.28. The summed E-state index contributed by atoms with van der Waals surface area (Å²) in [5.41, 5.74) is 7.14. The van der Waals surface area contributed by atoms with Crippen LogP contribution in [0, 0.1) is 11.8 Å². The van der Waals surface area contributed by atoms with E-state index in [2.05, 4.69) is 32.2 Å². The zero-order valence-electron chi connectivity index (χ0n) is 11.9. The summed E-state index contributed by atoms with van der Waals surface area (Å²) in [7, 11) is 0. The van der Waals surface area contributed by atoms with Gasteiger partial charge in [-0.05, 0) is 18.3 Å². The van der Waals surface area contributed by atoms with E-state index >= 15 is 0 Å². The lowest BCUT2D eigenvalue weighted by molar-refractivity contribution is 0.282. The number of aromatic nitrogens is 4. The highest BCUT2D eigenvalue weighted by atomic mass is 15.1. The van der Waals surface area contributed by atoms with Gasteiger partial charge in [0.05, 0.1) is 6.33 Å². The van der Waals surface area contributed by atoms with Gasteiger partial charge in [0.1, 0.15) is 5.52 Å². The van der Waals surface area contributed by atoms with E-state index in [0.717, 1.165) is 29.7 Å². The molecule has 6 nitrogen and oxygen atoms in total. The molecule has 6 heteroatoms. The number of nitrogens with two attached hydrogens (primary N) is 1. The van der Waals surface area contributed by atoms with Crippen LogP contribution in [0.3, 0.4) is 0 Å². The molecule has 3 rings (SSSR count). The molecule has 0 spiro atoms. The molecule has 2 aromatic rings. The van der Waals surface area contributed by atoms with Crippen molar-refractivity contribution >= 4 is 22.9 Å². The summed E-state index contributed by atoms with van der Waals surface area (Å²) in [6, 6.07) is 0. The summed E-state index contributed by atoms with van der Waals surface area (Å²) in [6.45, 7) is 3.27. The molecule has 20 heavy (non-hydrogen) atoms. The quantitative estimate of drug-likeness (QED) is 0.796. The summed E-state index contributed by atoms with van der Waals surface area (Å²) in [6.07, 6.45) is 8.26. The first-order chi connectivity index (χ1) is 9.72. The Bertz CT molecular complexity index is 570. The topological polar surface area (TPSA) is 92.5 Å². The number of hydrogen-bond donors (Lipinski definition) is 3. The van der Waals surface area contributed by atoms with Crippen LogP contribution in [-0.4, -0.2) is 26.5 Å². The minimum absolute atomic E-state index is 0.263. The predicted octanol–water partition coefficient (Wildman–Crippen LogP) is 2.56. The number of hydrogen-bond acceptors (Lipinski definition) is 5. The number of anilines is 2. The van der Waals surface area contributed by atoms with E-state index in [-0.39, 0.29) is 5.95 Å². The van der Waals surface area contributed by atoms with Gasteiger partial charge >= 0.3 is 0 Å². The fourth-order valence-corrected chi connectivity index (χ4v) is 2.99. The smallest absolute Gasteiger partial charge is 0.224 e. The number of nitrogen functional groups attached to an aromatic ring is 1. The Balaban J connectivity index is 1.58. The average Bonchev–Trinajstić information content (AvgIpc) is 2.89. The molecule has 1 aliphatic rings. The van der Waals surface area contributed by atoms with E-state index in [0.29, 0.717) is 5.65 Å². The van der Waals surface area contributed by atoms with Gasteiger partial charge in [-0.25, -0.2) is 4.98 Å². The highest BCUT2D eigenvalue weighted by molar-refractivity contribution is 5.83. The monoisotopic (exact) mass is 274 g/mol. The van der Waals surface area contributed by atoms with Crippen molar-refractivity contribution in [3.05, 3.63) is 6.33 Å². The van der Waals surface area contributed by atoms with Crippen LogP contribution >= 0.6 is 0 Å². The molecule has 1 aliphatic carbocycles. The number of imidazole rings is 1. The van der Waals surface area contributed by atoms with E-state index in [1.54, 1.807) is 6.33 Å². The summed E-state index contributed by atoms with van der Waals surface area (Å²) in [5.74, 6) is 2.77. The molecule has 2 heterocycles. The number of rotatable bonds is 4. The van der Waals surface area contributed by atoms with Crippen molar-refractivity contribution < 1.29 is 0 Å². The molecular formula is C14H22N6. The second-order valence-corrected chi connectivity index (χ2v) is 5.87. The number of aromatic amines is 1. The molecule has 0 bridgehead atoms. The van der Waals surface area contributed by atoms with Gasteiger partial charge in [0.25, 0.3) is 0 Å². The molecule has 0 radical (unpaired) electrons. The summed E-state index contributed by atoms with van der Waals surface area (Å²) < 4.78 is 0. The SMILES string of the molecule is CC1CCC(CCNc2nc(N)nc3nc[nH]c23)CC1. The molecule has 0 saturated heterocycles. The molecular weight excluding hydrogens is 252 g/mol. The van der Waals surface area contributed by atoms with Crippen molar-refractivity contribution in [2.24, 2.45) is 11.8 Å². The normalized spacial score (nSPS) is 23.1. The van der Waals surface area contributed by atoms with Crippen molar-refractivity contribution in [2.45, 2.75) is 39.0 Å². The zero-order valence-corrected chi connectivity index (χ0v) is 11.9. The molecule has 4 N–H and O–H groups in total. The van der Waals surface area contributed by atoms with Gasteiger partial charge in [0.2, 0.25) is 5.95 Å². The number of nitrogens with zero attached hydrogens (tertiary/aromatic N) is 3. The Morgan fingerprint density at radius 3 is 2.90 bits per heavy atom. The Hall–Kier alpha value is -1.85. The largest absolute Gasteiger partial charge is 0.368 e. The first-order valence-corrected chi connectivity index (χ1v) is 7.43. The lowest BCUT2D eigenvalue weighted by Gasteiger charge is -2.26. The van der Waals surface area contributed by atoms with Crippen LogP contribution in [-0.2, 0) is 0 Å². The highest BCUT2D eigenvalue weighted by Gasteiger charge is 2.18. The second kappa shape index (κ2) is 5.64. The van der Waals surface area contributed by atoms with Crippen LogP contribution in [0.4, 0.5) is 11.8 Å². The molecule has 0 atom stereocenters. The van der Waals surface area contributed by atoms with Gasteiger partial charge in [-0.15, -0.1) is 0 Å². The van der Waals surface area contributed by atoms with Gasteiger partial charge in [-0.1, -0.05) is 32.6 Å². The maximum absolute atomic E-state index is 5.70. The highest BCUT2D eigenvalue weighted by Crippen LogP contribution is 2.30. The van der Waals surface area contributed by atoms with Gasteiger partial charge in [0.15, 0.2) is 11.5 Å². The molecule has 108 valence electrons. The van der Waals surface area contributed by atoms with Gasteiger partial charge in [0, 0.05) is 6.54 Å². The van der Waals surface area contributed by atoms with Crippen LogP contribution in [0.15, 0.2) is 6.33 Å². The molecule has 0 unspecified atom stereocenters. The summed E-state index contributed by atoms with van der Waals surface area (Å²) in [4.78, 5) is 15.5. The van der Waals surface area contributed by atoms with Crippen molar-refractivity contribution in [1.29, 1.82) is 0 Å². The minimum atomic E-state index is 0.263. The third-order valence-electron chi connectivity index (χ3n) is 4.28. The molecule has 0 aromatic carbocycles. The van der Waals surface area contributed by atoms with Gasteiger partial charge < -0.3 is 16.0 Å². The van der Waals surface area contributed by atoms with Crippen LogP contribution in [0.5, 0.6) is 0 Å². The fourth-order valence-electron chi connectivity index (χ4n) is 2.99. The first-order valence-electron chi connectivity index (χ1n) is 7.43. The summed E-state index contributed by atoms with van der Waals surface area (Å²) in [5, 5.41) is 3.37. The molecule has 1 fully saturated rings. The van der Waals surface area contributed by atoms with Crippen LogP contribution in [0.25, 0.3) is 11.2 Å². The standard InChI is InChI=1S/C14H22N6/c1-9-2-4-10(5-3-9)6-7-16-12-11-13(18-8-17-11)20-14(15)19-12/h8-10H,2-7H2,1H3,(H4,15,16,17,18,19,20). The molecule has 0 aliphatic heterocycles. The van der Waals surface area contributed by atoms with Crippen LogP contribution in [0.2, 0.25) is 0 Å². The summed E-state index contributed by atoms with van der Waals surface area (Å²) >= 11 is 0. The van der Waals surface area contributed by atoms with Crippen LogP contribution in [0.1, 0.15) is 39.0 Å². The van der Waals surface area contributed by atoms with Crippen LogP contribution < -0.4 is 11.1 Å². The maximum Gasteiger partial charge on any atom is 0.224 e. The number of nitrogens with one attached hydrogen (secondary N) is 2. The van der Waals surface area contributed by atoms with Crippen molar-refractivity contribution in [2.75, 3.05) is 17.6 Å². The number of H-pyrrole nitrogens is 1. The Kier molecular flexibility index (Phi) is 3.71. The third kappa shape index (κ3) is 2.84. The Morgan fingerprint density at radius 1 is 1.30 bits per heavy atom. The number of fused-ring (bicyclic) bond motifs is 1.